The maximum atomic E-state index is 12.6. The minimum Gasteiger partial charge on any atom is -0.447 e. The Balaban J connectivity index is 1.81. The highest BCUT2D eigenvalue weighted by Gasteiger charge is 2.25. The second-order valence-electron chi connectivity index (χ2n) is 7.04. The molecule has 0 saturated carbocycles. The average Bonchev–Trinajstić information content (AvgIpc) is 3.20. The van der Waals surface area contributed by atoms with Crippen LogP contribution in [0.4, 0.5) is 4.79 Å². The molecule has 1 unspecified atom stereocenters. The summed E-state index contributed by atoms with van der Waals surface area (Å²) in [5.41, 5.74) is 1.47. The zero-order valence-electron chi connectivity index (χ0n) is 17.4. The molecular formula is C22H23N5O4. The van der Waals surface area contributed by atoms with E-state index in [0.29, 0.717) is 11.5 Å². The number of nitrogens with one attached hydrogen (secondary N) is 2. The average molecular weight is 421 g/mol. The number of hydrogen-bond donors (Lipinski definition) is 2. The highest BCUT2D eigenvalue weighted by atomic mass is 16.5. The number of ether oxygens (including phenoxy) is 1. The molecule has 0 bridgehead atoms. The van der Waals surface area contributed by atoms with Gasteiger partial charge in [0.25, 0.3) is 11.7 Å². The van der Waals surface area contributed by atoms with Crippen molar-refractivity contribution >= 4 is 17.9 Å². The first-order chi connectivity index (χ1) is 14.8. The fraction of sp³-hybridized carbons (Fsp3) is 0.227. The minimum absolute atomic E-state index is 0.145. The van der Waals surface area contributed by atoms with Gasteiger partial charge in [-0.1, -0.05) is 48.5 Å². The Morgan fingerprint density at radius 3 is 2.16 bits per heavy atom. The molecule has 9 nitrogen and oxygen atoms in total. The largest absolute Gasteiger partial charge is 0.447 e. The lowest BCUT2D eigenvalue weighted by Crippen LogP contribution is -2.46. The molecule has 2 aromatic carbocycles. The van der Waals surface area contributed by atoms with Crippen molar-refractivity contribution in [1.82, 2.24) is 25.4 Å². The van der Waals surface area contributed by atoms with Gasteiger partial charge < -0.3 is 10.1 Å². The smallest absolute Gasteiger partial charge is 0.379 e. The van der Waals surface area contributed by atoms with Crippen molar-refractivity contribution in [2.75, 3.05) is 0 Å². The molecule has 2 N–H and O–H groups in total. The van der Waals surface area contributed by atoms with E-state index in [1.807, 2.05) is 60.7 Å². The normalized spacial score (nSPS) is 11.6. The van der Waals surface area contributed by atoms with Crippen molar-refractivity contribution in [3.05, 3.63) is 66.5 Å². The zero-order chi connectivity index (χ0) is 22.4. The Morgan fingerprint density at radius 1 is 0.935 bits per heavy atom. The molecule has 3 amide bonds. The molecule has 1 heterocycles. The summed E-state index contributed by atoms with van der Waals surface area (Å²) in [6.07, 6.45) is -1.21. The lowest BCUT2D eigenvalue weighted by Gasteiger charge is -2.13. The highest BCUT2D eigenvalue weighted by molar-refractivity contribution is 5.98. The Morgan fingerprint density at radius 2 is 1.55 bits per heavy atom. The number of esters is 1. The van der Waals surface area contributed by atoms with Crippen LogP contribution in [0.5, 0.6) is 0 Å². The van der Waals surface area contributed by atoms with Crippen LogP contribution in [0.25, 0.3) is 17.1 Å². The van der Waals surface area contributed by atoms with Gasteiger partial charge in [0.1, 0.15) is 0 Å². The predicted molar refractivity (Wildman–Crippen MR) is 113 cm³/mol. The minimum atomic E-state index is -1.21. The molecule has 0 aliphatic carbocycles. The SMILES string of the molecule is CC(C)NC(=O)NC(=O)C(C)OC(=O)c1nc(-c2ccccc2)n(-c2ccccc2)n1. The number of carbonyl (C=O) groups is 3. The fourth-order valence-electron chi connectivity index (χ4n) is 2.70. The summed E-state index contributed by atoms with van der Waals surface area (Å²) in [6.45, 7) is 4.88. The van der Waals surface area contributed by atoms with Crippen LogP contribution in [-0.4, -0.2) is 44.8 Å². The highest BCUT2D eigenvalue weighted by Crippen LogP contribution is 2.21. The number of hydrogen-bond acceptors (Lipinski definition) is 6. The summed E-state index contributed by atoms with van der Waals surface area (Å²) < 4.78 is 6.71. The Hall–Kier alpha value is -4.01. The number of urea groups is 1. The maximum Gasteiger partial charge on any atom is 0.379 e. The Bertz CT molecular complexity index is 1010. The Kier molecular flexibility index (Phi) is 6.76. The molecule has 0 fully saturated rings. The summed E-state index contributed by atoms with van der Waals surface area (Å²) >= 11 is 0. The number of imide groups is 1. The molecule has 0 radical (unpaired) electrons. The zero-order valence-corrected chi connectivity index (χ0v) is 17.4. The molecule has 1 aromatic heterocycles. The van der Waals surface area contributed by atoms with E-state index in [1.165, 1.54) is 11.6 Å². The summed E-state index contributed by atoms with van der Waals surface area (Å²) in [7, 11) is 0. The molecule has 31 heavy (non-hydrogen) atoms. The molecule has 160 valence electrons. The van der Waals surface area contributed by atoms with E-state index in [1.54, 1.807) is 13.8 Å². The summed E-state index contributed by atoms with van der Waals surface area (Å²) in [6, 6.07) is 17.7. The fourth-order valence-corrected chi connectivity index (χ4v) is 2.70. The summed E-state index contributed by atoms with van der Waals surface area (Å²) in [5, 5.41) is 8.93. The van der Waals surface area contributed by atoms with Crippen LogP contribution < -0.4 is 10.6 Å². The third kappa shape index (κ3) is 5.53. The number of para-hydroxylation sites is 1. The standard InChI is InChI=1S/C22H23N5O4/c1-14(2)23-22(30)25-20(28)15(3)31-21(29)18-24-19(16-10-6-4-7-11-16)27(26-18)17-12-8-5-9-13-17/h4-15H,1-3H3,(H2,23,25,28,30). The van der Waals surface area contributed by atoms with Crippen molar-refractivity contribution in [2.24, 2.45) is 0 Å². The predicted octanol–water partition coefficient (Wildman–Crippen LogP) is 2.71. The third-order valence-corrected chi connectivity index (χ3v) is 4.13. The van der Waals surface area contributed by atoms with Gasteiger partial charge in [0.2, 0.25) is 0 Å². The van der Waals surface area contributed by atoms with Crippen LogP contribution in [0.15, 0.2) is 60.7 Å². The van der Waals surface area contributed by atoms with Crippen molar-refractivity contribution in [2.45, 2.75) is 32.9 Å². The van der Waals surface area contributed by atoms with Gasteiger partial charge in [-0.3, -0.25) is 10.1 Å². The first kappa shape index (κ1) is 21.7. The first-order valence-electron chi connectivity index (χ1n) is 9.75. The van der Waals surface area contributed by atoms with Gasteiger partial charge in [-0.15, -0.1) is 5.10 Å². The molecule has 0 saturated heterocycles. The van der Waals surface area contributed by atoms with E-state index in [4.69, 9.17) is 4.74 Å². The number of amides is 3. The van der Waals surface area contributed by atoms with E-state index in [-0.39, 0.29) is 11.9 Å². The first-order valence-corrected chi connectivity index (χ1v) is 9.75. The molecule has 0 aliphatic heterocycles. The Labute approximate surface area is 179 Å². The van der Waals surface area contributed by atoms with Crippen LogP contribution in [0, 0.1) is 0 Å². The molecule has 3 aromatic rings. The lowest BCUT2D eigenvalue weighted by atomic mass is 10.2. The molecule has 9 heteroatoms. The monoisotopic (exact) mass is 421 g/mol. The van der Waals surface area contributed by atoms with Crippen LogP contribution in [0.2, 0.25) is 0 Å². The van der Waals surface area contributed by atoms with Crippen molar-refractivity contribution in [3.8, 4) is 17.1 Å². The summed E-state index contributed by atoms with van der Waals surface area (Å²) in [5.74, 6) is -1.38. The molecule has 0 aliphatic rings. The van der Waals surface area contributed by atoms with Gasteiger partial charge in [-0.05, 0) is 32.9 Å². The molecule has 0 spiro atoms. The van der Waals surface area contributed by atoms with Gasteiger partial charge in [0.05, 0.1) is 5.69 Å². The number of rotatable bonds is 6. The van der Waals surface area contributed by atoms with E-state index in [2.05, 4.69) is 20.7 Å². The quantitative estimate of drug-likeness (QED) is 0.592. The second-order valence-corrected chi connectivity index (χ2v) is 7.04. The van der Waals surface area contributed by atoms with Gasteiger partial charge in [-0.25, -0.2) is 19.3 Å². The number of nitrogens with zero attached hydrogens (tertiary/aromatic N) is 3. The van der Waals surface area contributed by atoms with E-state index < -0.39 is 24.0 Å². The third-order valence-electron chi connectivity index (χ3n) is 4.13. The number of carbonyl (C=O) groups excluding carboxylic acids is 3. The van der Waals surface area contributed by atoms with Crippen LogP contribution in [0.3, 0.4) is 0 Å². The topological polar surface area (TPSA) is 115 Å². The van der Waals surface area contributed by atoms with Crippen LogP contribution in [-0.2, 0) is 9.53 Å². The maximum absolute atomic E-state index is 12.6. The molecule has 3 rings (SSSR count). The lowest BCUT2D eigenvalue weighted by molar-refractivity contribution is -0.127. The van der Waals surface area contributed by atoms with Gasteiger partial charge in [0.15, 0.2) is 11.9 Å². The van der Waals surface area contributed by atoms with Crippen LogP contribution >= 0.6 is 0 Å². The van der Waals surface area contributed by atoms with Crippen molar-refractivity contribution < 1.29 is 19.1 Å². The van der Waals surface area contributed by atoms with E-state index >= 15 is 0 Å². The van der Waals surface area contributed by atoms with Crippen molar-refractivity contribution in [3.63, 3.8) is 0 Å². The second kappa shape index (κ2) is 9.66. The number of benzene rings is 2. The molecule has 1 atom stereocenters. The van der Waals surface area contributed by atoms with Gasteiger partial charge >= 0.3 is 12.0 Å². The van der Waals surface area contributed by atoms with Gasteiger partial charge in [0, 0.05) is 11.6 Å². The van der Waals surface area contributed by atoms with E-state index in [0.717, 1.165) is 5.56 Å². The summed E-state index contributed by atoms with van der Waals surface area (Å²) in [4.78, 5) is 40.7. The van der Waals surface area contributed by atoms with Crippen LogP contribution in [0.1, 0.15) is 31.4 Å². The molecular weight excluding hydrogens is 398 g/mol. The van der Waals surface area contributed by atoms with Gasteiger partial charge in [-0.2, -0.15) is 0 Å². The number of aromatic nitrogens is 3. The van der Waals surface area contributed by atoms with E-state index in [9.17, 15) is 14.4 Å². The van der Waals surface area contributed by atoms with Crippen molar-refractivity contribution in [1.29, 1.82) is 0 Å².